The Morgan fingerprint density at radius 3 is 2.50 bits per heavy atom. The summed E-state index contributed by atoms with van der Waals surface area (Å²) in [5.74, 6) is 0.380. The van der Waals surface area contributed by atoms with E-state index in [4.69, 9.17) is 10.3 Å². The molecule has 2 aromatic rings. The highest BCUT2D eigenvalue weighted by Gasteiger charge is 2.18. The van der Waals surface area contributed by atoms with Crippen LogP contribution in [0.15, 0.2) is 29.0 Å². The van der Waals surface area contributed by atoms with Gasteiger partial charge in [0, 0.05) is 12.4 Å². The molecule has 0 saturated heterocycles. The summed E-state index contributed by atoms with van der Waals surface area (Å²) in [7, 11) is 0. The fraction of sp³-hybridized carbons (Fsp3) is 0.429. The zero-order chi connectivity index (χ0) is 13.2. The Labute approximate surface area is 107 Å². The van der Waals surface area contributed by atoms with Crippen molar-refractivity contribution in [3.8, 4) is 11.1 Å². The maximum Gasteiger partial charge on any atom is 0.230 e. The fourth-order valence-corrected chi connectivity index (χ4v) is 1.83. The smallest absolute Gasteiger partial charge is 0.230 e. The molecule has 0 aromatic carbocycles. The van der Waals surface area contributed by atoms with Crippen molar-refractivity contribution < 1.29 is 4.52 Å². The van der Waals surface area contributed by atoms with Gasteiger partial charge < -0.3 is 10.3 Å². The lowest BCUT2D eigenvalue weighted by atomic mass is 9.89. The lowest BCUT2D eigenvalue weighted by molar-refractivity contribution is 0.367. The van der Waals surface area contributed by atoms with Gasteiger partial charge in [-0.05, 0) is 36.0 Å². The number of aromatic nitrogens is 2. The monoisotopic (exact) mass is 245 g/mol. The zero-order valence-electron chi connectivity index (χ0n) is 11.1. The number of aryl methyl sites for hydroxylation is 1. The van der Waals surface area contributed by atoms with E-state index in [0.29, 0.717) is 5.88 Å². The first-order valence-electron chi connectivity index (χ1n) is 6.12. The van der Waals surface area contributed by atoms with Gasteiger partial charge in [0.25, 0.3) is 0 Å². The molecule has 96 valence electrons. The third-order valence-electron chi connectivity index (χ3n) is 2.87. The number of nitrogens with zero attached hydrogens (tertiary/aromatic N) is 2. The van der Waals surface area contributed by atoms with Crippen LogP contribution < -0.4 is 5.73 Å². The first-order valence-corrected chi connectivity index (χ1v) is 6.12. The first kappa shape index (κ1) is 12.6. The third kappa shape index (κ3) is 2.88. The molecule has 4 nitrogen and oxygen atoms in total. The van der Waals surface area contributed by atoms with E-state index in [9.17, 15) is 0 Å². The minimum atomic E-state index is 0.267. The topological polar surface area (TPSA) is 64.9 Å². The van der Waals surface area contributed by atoms with Gasteiger partial charge in [0.05, 0.1) is 11.3 Å². The van der Waals surface area contributed by atoms with Crippen molar-refractivity contribution in [2.75, 3.05) is 5.73 Å². The van der Waals surface area contributed by atoms with Gasteiger partial charge in [-0.15, -0.1) is 0 Å². The molecule has 0 aliphatic rings. The molecule has 2 N–H and O–H groups in total. The second kappa shape index (κ2) is 4.80. The number of pyridine rings is 1. The minimum Gasteiger partial charge on any atom is -0.367 e. The van der Waals surface area contributed by atoms with Gasteiger partial charge in [0.15, 0.2) is 0 Å². The summed E-state index contributed by atoms with van der Waals surface area (Å²) in [6, 6.07) is 3.84. The van der Waals surface area contributed by atoms with Gasteiger partial charge in [0.2, 0.25) is 5.88 Å². The zero-order valence-corrected chi connectivity index (χ0v) is 11.1. The Bertz CT molecular complexity index is 512. The lowest BCUT2D eigenvalue weighted by Gasteiger charge is -2.17. The number of hydrogen-bond donors (Lipinski definition) is 1. The molecule has 2 aromatic heterocycles. The Hall–Kier alpha value is -1.84. The van der Waals surface area contributed by atoms with Gasteiger partial charge in [-0.2, -0.15) is 0 Å². The fourth-order valence-electron chi connectivity index (χ4n) is 1.83. The van der Waals surface area contributed by atoms with Crippen LogP contribution in [0, 0.1) is 5.41 Å². The van der Waals surface area contributed by atoms with Gasteiger partial charge in [0.1, 0.15) is 0 Å². The number of nitrogen functional groups attached to an aromatic ring is 1. The van der Waals surface area contributed by atoms with E-state index < -0.39 is 0 Å². The van der Waals surface area contributed by atoms with Crippen LogP contribution in [0.5, 0.6) is 0 Å². The second-order valence-corrected chi connectivity index (χ2v) is 5.67. The average molecular weight is 245 g/mol. The van der Waals surface area contributed by atoms with E-state index in [1.165, 1.54) is 0 Å². The molecular formula is C14H19N3O. The standard InChI is InChI=1S/C14H19N3O/c1-14(2,3)7-4-11-12(13(15)18-17-11)10-5-8-16-9-6-10/h5-6,8-9H,4,7,15H2,1-3H3. The molecule has 0 radical (unpaired) electrons. The highest BCUT2D eigenvalue weighted by atomic mass is 16.5. The summed E-state index contributed by atoms with van der Waals surface area (Å²) in [6.07, 6.45) is 5.39. The van der Waals surface area contributed by atoms with Crippen LogP contribution >= 0.6 is 0 Å². The van der Waals surface area contributed by atoms with Gasteiger partial charge in [-0.1, -0.05) is 25.9 Å². The highest BCUT2D eigenvalue weighted by Crippen LogP contribution is 2.31. The molecule has 0 bridgehead atoms. The van der Waals surface area contributed by atoms with Crippen LogP contribution in [-0.4, -0.2) is 10.1 Å². The molecule has 18 heavy (non-hydrogen) atoms. The van der Waals surface area contributed by atoms with Crippen LogP contribution in [0.1, 0.15) is 32.9 Å². The van der Waals surface area contributed by atoms with Gasteiger partial charge in [-0.25, -0.2) is 0 Å². The highest BCUT2D eigenvalue weighted by molar-refractivity contribution is 5.74. The van der Waals surface area contributed by atoms with Crippen LogP contribution in [0.3, 0.4) is 0 Å². The molecule has 2 rings (SSSR count). The summed E-state index contributed by atoms with van der Waals surface area (Å²) in [6.45, 7) is 6.63. The lowest BCUT2D eigenvalue weighted by Crippen LogP contribution is -2.07. The molecule has 0 fully saturated rings. The molecule has 0 aliphatic heterocycles. The summed E-state index contributed by atoms with van der Waals surface area (Å²) in [5, 5.41) is 4.07. The molecule has 4 heteroatoms. The molecule has 2 heterocycles. The maximum atomic E-state index is 5.86. The van der Waals surface area contributed by atoms with Crippen molar-refractivity contribution in [2.24, 2.45) is 5.41 Å². The molecule has 0 aliphatic carbocycles. The largest absolute Gasteiger partial charge is 0.367 e. The SMILES string of the molecule is CC(C)(C)CCc1noc(N)c1-c1ccncc1. The van der Waals surface area contributed by atoms with Gasteiger partial charge in [-0.3, -0.25) is 4.98 Å². The number of rotatable bonds is 3. The van der Waals surface area contributed by atoms with E-state index >= 15 is 0 Å². The number of nitrogens with two attached hydrogens (primary N) is 1. The number of anilines is 1. The minimum absolute atomic E-state index is 0.267. The van der Waals surface area contributed by atoms with E-state index in [2.05, 4.69) is 30.9 Å². The molecule has 0 amide bonds. The van der Waals surface area contributed by atoms with E-state index in [-0.39, 0.29) is 5.41 Å². The Balaban J connectivity index is 2.28. The quantitative estimate of drug-likeness (QED) is 0.901. The predicted octanol–water partition coefficient (Wildman–Crippen LogP) is 3.30. The van der Waals surface area contributed by atoms with E-state index in [1.54, 1.807) is 12.4 Å². The summed E-state index contributed by atoms with van der Waals surface area (Å²) < 4.78 is 5.12. The van der Waals surface area contributed by atoms with Crippen molar-refractivity contribution in [1.29, 1.82) is 0 Å². The Morgan fingerprint density at radius 1 is 1.22 bits per heavy atom. The van der Waals surface area contributed by atoms with Crippen molar-refractivity contribution in [3.63, 3.8) is 0 Å². The van der Waals surface area contributed by atoms with E-state index in [0.717, 1.165) is 29.7 Å². The average Bonchev–Trinajstić information content (AvgIpc) is 2.68. The molecule has 0 atom stereocenters. The second-order valence-electron chi connectivity index (χ2n) is 5.67. The normalized spacial score (nSPS) is 11.7. The van der Waals surface area contributed by atoms with Crippen molar-refractivity contribution in [3.05, 3.63) is 30.2 Å². The van der Waals surface area contributed by atoms with Crippen LogP contribution in [0.2, 0.25) is 0 Å². The Morgan fingerprint density at radius 2 is 1.89 bits per heavy atom. The summed E-state index contributed by atoms with van der Waals surface area (Å²) >= 11 is 0. The molecule has 0 saturated carbocycles. The predicted molar refractivity (Wildman–Crippen MR) is 71.9 cm³/mol. The molecular weight excluding hydrogens is 226 g/mol. The van der Waals surface area contributed by atoms with Crippen molar-refractivity contribution in [1.82, 2.24) is 10.1 Å². The third-order valence-corrected chi connectivity index (χ3v) is 2.87. The summed E-state index contributed by atoms with van der Waals surface area (Å²) in [5.41, 5.74) is 8.97. The first-order chi connectivity index (χ1) is 8.47. The van der Waals surface area contributed by atoms with Crippen molar-refractivity contribution in [2.45, 2.75) is 33.6 Å². The number of hydrogen-bond acceptors (Lipinski definition) is 4. The maximum absolute atomic E-state index is 5.86. The van der Waals surface area contributed by atoms with Crippen LogP contribution in [-0.2, 0) is 6.42 Å². The molecule has 0 unspecified atom stereocenters. The van der Waals surface area contributed by atoms with Crippen LogP contribution in [0.4, 0.5) is 5.88 Å². The van der Waals surface area contributed by atoms with Gasteiger partial charge >= 0.3 is 0 Å². The van der Waals surface area contributed by atoms with Crippen LogP contribution in [0.25, 0.3) is 11.1 Å². The van der Waals surface area contributed by atoms with E-state index in [1.807, 2.05) is 12.1 Å². The Kier molecular flexibility index (Phi) is 3.36. The molecule has 0 spiro atoms. The van der Waals surface area contributed by atoms with Crippen molar-refractivity contribution >= 4 is 5.88 Å². The summed E-state index contributed by atoms with van der Waals surface area (Å²) in [4.78, 5) is 4.01.